The predicted molar refractivity (Wildman–Crippen MR) is 86.4 cm³/mol. The monoisotopic (exact) mass is 283 g/mol. The molecule has 3 heteroatoms. The first-order valence-electron chi connectivity index (χ1n) is 7.23. The Morgan fingerprint density at radius 2 is 1.48 bits per heavy atom. The largest absolute Gasteiger partial charge is 0.872 e. The third kappa shape index (κ3) is 2.60. The minimum absolute atomic E-state index is 0.0674. The summed E-state index contributed by atoms with van der Waals surface area (Å²) in [7, 11) is 0. The van der Waals surface area contributed by atoms with Gasteiger partial charge in [0, 0.05) is 11.4 Å². The van der Waals surface area contributed by atoms with Crippen molar-refractivity contribution in [3.63, 3.8) is 0 Å². The molecule has 0 atom stereocenters. The van der Waals surface area contributed by atoms with E-state index in [1.807, 2.05) is 37.6 Å². The lowest BCUT2D eigenvalue weighted by Crippen LogP contribution is -2.08. The van der Waals surface area contributed by atoms with Gasteiger partial charge in [-0.2, -0.15) is 5.10 Å². The molecular weight excluding hydrogens is 260 g/mol. The zero-order valence-electron chi connectivity index (χ0n) is 14.0. The molecule has 0 saturated heterocycles. The summed E-state index contributed by atoms with van der Waals surface area (Å²) >= 11 is 0. The van der Waals surface area contributed by atoms with Gasteiger partial charge >= 0.3 is 0 Å². The van der Waals surface area contributed by atoms with Crippen LogP contribution in [0.1, 0.15) is 46.1 Å². The Bertz CT molecular complexity index is 711. The highest BCUT2D eigenvalue weighted by molar-refractivity contribution is 6.01. The number of hydrogen-bond acceptors (Lipinski definition) is 2. The second-order valence-corrected chi connectivity index (χ2v) is 5.88. The van der Waals surface area contributed by atoms with E-state index in [-0.39, 0.29) is 5.75 Å². The summed E-state index contributed by atoms with van der Waals surface area (Å²) in [6.07, 6.45) is 0. The van der Waals surface area contributed by atoms with Crippen LogP contribution in [-0.4, -0.2) is 10.4 Å². The van der Waals surface area contributed by atoms with Gasteiger partial charge in [0.15, 0.2) is 0 Å². The molecule has 0 bridgehead atoms. The van der Waals surface area contributed by atoms with Crippen LogP contribution in [0.15, 0.2) is 17.2 Å². The minimum Gasteiger partial charge on any atom is -0.872 e. The normalized spacial score (nSPS) is 12.0. The van der Waals surface area contributed by atoms with E-state index in [2.05, 4.69) is 32.8 Å². The molecule has 0 radical (unpaired) electrons. The number of aromatic nitrogens is 1. The van der Waals surface area contributed by atoms with Gasteiger partial charge in [-0.3, -0.25) is 0 Å². The molecule has 3 nitrogen and oxygen atoms in total. The fraction of sp³-hybridized carbons (Fsp3) is 0.389. The van der Waals surface area contributed by atoms with Gasteiger partial charge in [0.05, 0.1) is 5.71 Å². The van der Waals surface area contributed by atoms with Crippen molar-refractivity contribution < 1.29 is 5.11 Å². The smallest absolute Gasteiger partial charge is 0.0649 e. The van der Waals surface area contributed by atoms with Crippen molar-refractivity contribution in [2.24, 2.45) is 5.10 Å². The van der Waals surface area contributed by atoms with E-state index in [1.54, 1.807) is 0 Å². The first-order valence-corrected chi connectivity index (χ1v) is 7.23. The maximum atomic E-state index is 12.3. The average molecular weight is 283 g/mol. The van der Waals surface area contributed by atoms with Crippen LogP contribution in [0, 0.1) is 41.5 Å². The molecule has 0 aliphatic heterocycles. The van der Waals surface area contributed by atoms with Crippen LogP contribution < -0.4 is 5.11 Å². The number of nitrogens with zero attached hydrogens (tertiary/aromatic N) is 2. The average Bonchev–Trinajstić information content (AvgIpc) is 2.60. The first-order chi connectivity index (χ1) is 9.73. The fourth-order valence-electron chi connectivity index (χ4n) is 2.69. The van der Waals surface area contributed by atoms with Gasteiger partial charge in [-0.15, -0.1) is 0 Å². The van der Waals surface area contributed by atoms with E-state index in [0.29, 0.717) is 5.56 Å². The Labute approximate surface area is 126 Å². The maximum absolute atomic E-state index is 12.3. The molecule has 0 aliphatic rings. The van der Waals surface area contributed by atoms with Gasteiger partial charge in [-0.1, -0.05) is 29.0 Å². The predicted octanol–water partition coefficient (Wildman–Crippen LogP) is 3.68. The number of hydrogen-bond donors (Lipinski definition) is 0. The molecule has 2 rings (SSSR count). The Morgan fingerprint density at radius 1 is 0.952 bits per heavy atom. The lowest BCUT2D eigenvalue weighted by Gasteiger charge is -2.18. The molecule has 0 saturated carbocycles. The van der Waals surface area contributed by atoms with Crippen molar-refractivity contribution in [1.82, 2.24) is 4.68 Å². The van der Waals surface area contributed by atoms with Gasteiger partial charge < -0.3 is 5.11 Å². The SMILES string of the molecule is C/C(=N\n1c(C)c(C)c(C)c1C)c1cc(C)cc(C)c1[O-]. The molecule has 21 heavy (non-hydrogen) atoms. The molecule has 1 aromatic heterocycles. The van der Waals surface area contributed by atoms with Crippen molar-refractivity contribution in [3.8, 4) is 5.75 Å². The van der Waals surface area contributed by atoms with E-state index < -0.39 is 0 Å². The maximum Gasteiger partial charge on any atom is 0.0649 e. The summed E-state index contributed by atoms with van der Waals surface area (Å²) in [6, 6.07) is 3.83. The number of benzene rings is 1. The lowest BCUT2D eigenvalue weighted by molar-refractivity contribution is -0.269. The molecule has 0 amide bonds. The zero-order valence-corrected chi connectivity index (χ0v) is 14.0. The van der Waals surface area contributed by atoms with Crippen molar-refractivity contribution in [1.29, 1.82) is 0 Å². The molecule has 0 N–H and O–H groups in total. The van der Waals surface area contributed by atoms with Crippen molar-refractivity contribution >= 4 is 5.71 Å². The number of rotatable bonds is 2. The van der Waals surface area contributed by atoms with Crippen molar-refractivity contribution in [2.45, 2.75) is 48.5 Å². The van der Waals surface area contributed by atoms with E-state index in [1.165, 1.54) is 11.1 Å². The fourth-order valence-corrected chi connectivity index (χ4v) is 2.69. The summed E-state index contributed by atoms with van der Waals surface area (Å²) in [5, 5.41) is 17.0. The Hall–Kier alpha value is -2.03. The second-order valence-electron chi connectivity index (χ2n) is 5.88. The van der Waals surface area contributed by atoms with Gasteiger partial charge in [0.2, 0.25) is 0 Å². The van der Waals surface area contributed by atoms with Gasteiger partial charge in [-0.05, 0) is 65.2 Å². The summed E-state index contributed by atoms with van der Waals surface area (Å²) < 4.78 is 1.94. The minimum atomic E-state index is 0.0674. The number of aryl methyl sites for hydroxylation is 2. The van der Waals surface area contributed by atoms with Crippen LogP contribution >= 0.6 is 0 Å². The molecule has 1 aromatic carbocycles. The van der Waals surface area contributed by atoms with Gasteiger partial charge in [-0.25, -0.2) is 4.68 Å². The van der Waals surface area contributed by atoms with Crippen molar-refractivity contribution in [2.75, 3.05) is 0 Å². The Kier molecular flexibility index (Phi) is 3.95. The summed E-state index contributed by atoms with van der Waals surface area (Å²) in [5.74, 6) is 0.0674. The van der Waals surface area contributed by atoms with Crippen LogP contribution in [-0.2, 0) is 0 Å². The first kappa shape index (κ1) is 15.4. The zero-order chi connectivity index (χ0) is 15.9. The van der Waals surface area contributed by atoms with Gasteiger partial charge in [0.1, 0.15) is 0 Å². The molecule has 112 valence electrons. The topological polar surface area (TPSA) is 40.3 Å². The lowest BCUT2D eigenvalue weighted by atomic mass is 10.0. The van der Waals surface area contributed by atoms with E-state index in [0.717, 1.165) is 28.2 Å². The van der Waals surface area contributed by atoms with Crippen LogP contribution in [0.4, 0.5) is 0 Å². The van der Waals surface area contributed by atoms with E-state index in [9.17, 15) is 5.11 Å². The Morgan fingerprint density at radius 3 is 2.00 bits per heavy atom. The van der Waals surface area contributed by atoms with Crippen LogP contribution in [0.25, 0.3) is 0 Å². The van der Waals surface area contributed by atoms with E-state index >= 15 is 0 Å². The standard InChI is InChI=1S/C18H24N2O/c1-10-8-11(2)18(21)17(9-10)14(5)19-20-15(6)12(3)13(4)16(20)7/h8-9,21H,1-7H3/p-1/b19-14+. The van der Waals surface area contributed by atoms with E-state index in [4.69, 9.17) is 0 Å². The highest BCUT2D eigenvalue weighted by atomic mass is 16.3. The molecule has 0 spiro atoms. The van der Waals surface area contributed by atoms with Crippen LogP contribution in [0.2, 0.25) is 0 Å². The highest BCUT2D eigenvalue weighted by Crippen LogP contribution is 2.24. The summed E-state index contributed by atoms with van der Waals surface area (Å²) in [4.78, 5) is 0. The summed E-state index contributed by atoms with van der Waals surface area (Å²) in [5.41, 5.74) is 8.07. The molecule has 2 aromatic rings. The molecule has 1 heterocycles. The van der Waals surface area contributed by atoms with Gasteiger partial charge in [0.25, 0.3) is 0 Å². The molecule has 0 fully saturated rings. The third-order valence-electron chi connectivity index (χ3n) is 4.34. The molecule has 0 aliphatic carbocycles. The molecular formula is C18H23N2O-. The van der Waals surface area contributed by atoms with Crippen molar-refractivity contribution in [3.05, 3.63) is 51.3 Å². The van der Waals surface area contributed by atoms with Crippen LogP contribution in [0.3, 0.4) is 0 Å². The second kappa shape index (κ2) is 5.40. The van der Waals surface area contributed by atoms with Crippen LogP contribution in [0.5, 0.6) is 5.75 Å². The third-order valence-corrected chi connectivity index (χ3v) is 4.34. The highest BCUT2D eigenvalue weighted by Gasteiger charge is 2.11. The summed E-state index contributed by atoms with van der Waals surface area (Å²) in [6.45, 7) is 14.1. The quantitative estimate of drug-likeness (QED) is 0.775. The molecule has 0 unspecified atom stereocenters. The Balaban J connectivity index is 2.60.